The number of thiophene rings is 1. The van der Waals surface area contributed by atoms with Crippen LogP contribution in [0.25, 0.3) is 21.1 Å². The van der Waals surface area contributed by atoms with Gasteiger partial charge in [-0.3, -0.25) is 0 Å². The molecule has 3 aromatic rings. The summed E-state index contributed by atoms with van der Waals surface area (Å²) in [6.45, 7) is 2.07. The first-order valence-electron chi connectivity index (χ1n) is 6.03. The van der Waals surface area contributed by atoms with Gasteiger partial charge in [0.2, 0.25) is 0 Å². The first-order chi connectivity index (χ1) is 9.69. The van der Waals surface area contributed by atoms with Crippen molar-refractivity contribution in [2.45, 2.75) is 6.92 Å². The minimum Gasteiger partial charge on any atom is -0.496 e. The SMILES string of the molecule is COc1ccc(F)cc1-c1csc(-c2sccc2C)n1. The number of methoxy groups -OCH3 is 1. The molecule has 3 rings (SSSR count). The van der Waals surface area contributed by atoms with Crippen LogP contribution in [-0.4, -0.2) is 12.1 Å². The van der Waals surface area contributed by atoms with Gasteiger partial charge in [0.25, 0.3) is 0 Å². The Hall–Kier alpha value is -1.72. The molecule has 1 aromatic carbocycles. The van der Waals surface area contributed by atoms with Crippen LogP contribution in [0, 0.1) is 12.7 Å². The second-order valence-corrected chi connectivity index (χ2v) is 6.09. The fourth-order valence-corrected chi connectivity index (χ4v) is 3.89. The molecule has 0 fully saturated rings. The summed E-state index contributed by atoms with van der Waals surface area (Å²) in [6, 6.07) is 6.54. The van der Waals surface area contributed by atoms with Crippen LogP contribution in [0.1, 0.15) is 5.56 Å². The Labute approximate surface area is 124 Å². The molecular weight excluding hydrogens is 293 g/mol. The maximum atomic E-state index is 13.4. The van der Waals surface area contributed by atoms with E-state index in [-0.39, 0.29) is 5.82 Å². The van der Waals surface area contributed by atoms with E-state index in [1.807, 2.05) is 5.38 Å². The average molecular weight is 305 g/mol. The fraction of sp³-hybridized carbons (Fsp3) is 0.133. The number of ether oxygens (including phenoxy) is 1. The number of hydrogen-bond donors (Lipinski definition) is 0. The Morgan fingerprint density at radius 2 is 2.05 bits per heavy atom. The quantitative estimate of drug-likeness (QED) is 0.679. The molecule has 0 amide bonds. The maximum Gasteiger partial charge on any atom is 0.134 e. The molecule has 0 spiro atoms. The number of nitrogens with zero attached hydrogens (tertiary/aromatic N) is 1. The van der Waals surface area contributed by atoms with Crippen molar-refractivity contribution < 1.29 is 9.13 Å². The highest BCUT2D eigenvalue weighted by Gasteiger charge is 2.13. The van der Waals surface area contributed by atoms with E-state index in [1.54, 1.807) is 35.8 Å². The molecule has 0 radical (unpaired) electrons. The van der Waals surface area contributed by atoms with Crippen molar-refractivity contribution in [2.24, 2.45) is 0 Å². The van der Waals surface area contributed by atoms with Gasteiger partial charge in [-0.1, -0.05) is 0 Å². The smallest absolute Gasteiger partial charge is 0.134 e. The number of hydrogen-bond acceptors (Lipinski definition) is 4. The summed E-state index contributed by atoms with van der Waals surface area (Å²) in [5, 5.41) is 4.94. The van der Waals surface area contributed by atoms with Crippen LogP contribution >= 0.6 is 22.7 Å². The van der Waals surface area contributed by atoms with E-state index in [9.17, 15) is 4.39 Å². The lowest BCUT2D eigenvalue weighted by Crippen LogP contribution is -1.89. The van der Waals surface area contributed by atoms with Crippen LogP contribution in [-0.2, 0) is 0 Å². The van der Waals surface area contributed by atoms with Gasteiger partial charge in [-0.2, -0.15) is 0 Å². The van der Waals surface area contributed by atoms with E-state index in [4.69, 9.17) is 4.74 Å². The zero-order valence-corrected chi connectivity index (χ0v) is 12.6. The minimum absolute atomic E-state index is 0.289. The summed E-state index contributed by atoms with van der Waals surface area (Å²) in [4.78, 5) is 5.78. The first-order valence-corrected chi connectivity index (χ1v) is 7.79. The Kier molecular flexibility index (Phi) is 3.54. The normalized spacial score (nSPS) is 10.8. The number of thiazole rings is 1. The number of aromatic nitrogens is 1. The van der Waals surface area contributed by atoms with Crippen LogP contribution in [0.5, 0.6) is 5.75 Å². The topological polar surface area (TPSA) is 22.1 Å². The van der Waals surface area contributed by atoms with Gasteiger partial charge in [-0.15, -0.1) is 22.7 Å². The number of halogens is 1. The van der Waals surface area contributed by atoms with Crippen LogP contribution in [0.2, 0.25) is 0 Å². The molecule has 0 saturated heterocycles. The number of benzene rings is 1. The van der Waals surface area contributed by atoms with Crippen LogP contribution in [0.15, 0.2) is 35.0 Å². The summed E-state index contributed by atoms with van der Waals surface area (Å²) in [5.41, 5.74) is 2.64. The molecule has 0 atom stereocenters. The number of rotatable bonds is 3. The highest BCUT2D eigenvalue weighted by atomic mass is 32.1. The van der Waals surface area contributed by atoms with Crippen molar-refractivity contribution in [1.82, 2.24) is 4.98 Å². The van der Waals surface area contributed by atoms with E-state index in [2.05, 4.69) is 23.4 Å². The second kappa shape index (κ2) is 5.34. The summed E-state index contributed by atoms with van der Waals surface area (Å²) in [5.74, 6) is 0.341. The largest absolute Gasteiger partial charge is 0.496 e. The Morgan fingerprint density at radius 3 is 2.75 bits per heavy atom. The zero-order chi connectivity index (χ0) is 14.1. The maximum absolute atomic E-state index is 13.4. The lowest BCUT2D eigenvalue weighted by Gasteiger charge is -2.05. The molecule has 2 nitrogen and oxygen atoms in total. The van der Waals surface area contributed by atoms with E-state index in [1.165, 1.54) is 17.7 Å². The molecule has 5 heteroatoms. The van der Waals surface area contributed by atoms with E-state index in [0.29, 0.717) is 11.3 Å². The van der Waals surface area contributed by atoms with Crippen molar-refractivity contribution in [2.75, 3.05) is 7.11 Å². The molecule has 2 aromatic heterocycles. The van der Waals surface area contributed by atoms with Crippen LogP contribution in [0.4, 0.5) is 4.39 Å². The van der Waals surface area contributed by atoms with Crippen LogP contribution < -0.4 is 4.74 Å². The molecule has 2 heterocycles. The van der Waals surface area contributed by atoms with Gasteiger partial charge < -0.3 is 4.74 Å². The fourth-order valence-electron chi connectivity index (χ4n) is 1.97. The highest BCUT2D eigenvalue weighted by molar-refractivity contribution is 7.20. The Balaban J connectivity index is 2.07. The molecule has 0 saturated carbocycles. The lowest BCUT2D eigenvalue weighted by molar-refractivity contribution is 0.415. The molecular formula is C15H12FNOS2. The van der Waals surface area contributed by atoms with E-state index in [0.717, 1.165) is 15.6 Å². The third kappa shape index (κ3) is 2.34. The Bertz CT molecular complexity index is 748. The third-order valence-corrected chi connectivity index (χ3v) is 5.01. The first kappa shape index (κ1) is 13.3. The molecule has 0 N–H and O–H groups in total. The summed E-state index contributed by atoms with van der Waals surface area (Å²) < 4.78 is 18.7. The summed E-state index contributed by atoms with van der Waals surface area (Å²) in [7, 11) is 1.58. The van der Waals surface area contributed by atoms with Gasteiger partial charge in [0.15, 0.2) is 0 Å². The van der Waals surface area contributed by atoms with Crippen molar-refractivity contribution in [3.05, 3.63) is 46.4 Å². The number of aryl methyl sites for hydroxylation is 1. The molecule has 0 aliphatic rings. The van der Waals surface area contributed by atoms with Crippen LogP contribution in [0.3, 0.4) is 0 Å². The van der Waals surface area contributed by atoms with Crippen molar-refractivity contribution in [3.63, 3.8) is 0 Å². The van der Waals surface area contributed by atoms with Gasteiger partial charge in [0.05, 0.1) is 17.7 Å². The van der Waals surface area contributed by atoms with Gasteiger partial charge in [0, 0.05) is 10.9 Å². The molecule has 20 heavy (non-hydrogen) atoms. The predicted molar refractivity (Wildman–Crippen MR) is 82.1 cm³/mol. The zero-order valence-electron chi connectivity index (χ0n) is 11.0. The second-order valence-electron chi connectivity index (χ2n) is 4.32. The molecule has 0 aliphatic carbocycles. The van der Waals surface area contributed by atoms with E-state index < -0.39 is 0 Å². The predicted octanol–water partition coefficient (Wildman–Crippen LogP) is 4.99. The summed E-state index contributed by atoms with van der Waals surface area (Å²) in [6.07, 6.45) is 0. The monoisotopic (exact) mass is 305 g/mol. The summed E-state index contributed by atoms with van der Waals surface area (Å²) >= 11 is 3.23. The van der Waals surface area contributed by atoms with Gasteiger partial charge in [-0.25, -0.2) is 9.37 Å². The van der Waals surface area contributed by atoms with Gasteiger partial charge in [-0.05, 0) is 42.1 Å². The van der Waals surface area contributed by atoms with Crippen molar-refractivity contribution in [1.29, 1.82) is 0 Å². The third-order valence-electron chi connectivity index (χ3n) is 3.00. The Morgan fingerprint density at radius 1 is 1.20 bits per heavy atom. The highest BCUT2D eigenvalue weighted by Crippen LogP contribution is 2.37. The lowest BCUT2D eigenvalue weighted by atomic mass is 10.1. The van der Waals surface area contributed by atoms with Crippen molar-refractivity contribution >= 4 is 22.7 Å². The van der Waals surface area contributed by atoms with Crippen molar-refractivity contribution in [3.8, 4) is 26.9 Å². The van der Waals surface area contributed by atoms with Gasteiger partial charge in [0.1, 0.15) is 16.6 Å². The standard InChI is InChI=1S/C15H12FNOS2/c1-9-5-6-19-14(9)15-17-12(8-20-15)11-7-10(16)3-4-13(11)18-2/h3-8H,1-2H3. The van der Waals surface area contributed by atoms with Gasteiger partial charge >= 0.3 is 0 Å². The minimum atomic E-state index is -0.289. The average Bonchev–Trinajstić information content (AvgIpc) is 3.07. The molecule has 0 unspecified atom stereocenters. The molecule has 102 valence electrons. The van der Waals surface area contributed by atoms with E-state index >= 15 is 0 Å². The molecule has 0 aliphatic heterocycles. The molecule has 0 bridgehead atoms.